The van der Waals surface area contributed by atoms with Crippen LogP contribution in [0.2, 0.25) is 0 Å². The lowest BCUT2D eigenvalue weighted by atomic mass is 10.1. The van der Waals surface area contributed by atoms with Gasteiger partial charge in [-0.3, -0.25) is 0 Å². The minimum atomic E-state index is 0.990. The molecule has 20 heavy (non-hydrogen) atoms. The van der Waals surface area contributed by atoms with E-state index in [0.717, 1.165) is 13.1 Å². The largest absolute Gasteiger partial charge is 0.313 e. The summed E-state index contributed by atoms with van der Waals surface area (Å²) in [5, 5.41) is 3.33. The molecule has 122 valence electrons. The van der Waals surface area contributed by atoms with Crippen molar-refractivity contribution in [3.63, 3.8) is 0 Å². The van der Waals surface area contributed by atoms with Crippen LogP contribution in [0.25, 0.3) is 0 Å². The van der Waals surface area contributed by atoms with Crippen molar-refractivity contribution in [1.29, 1.82) is 0 Å². The van der Waals surface area contributed by atoms with E-state index in [1.807, 2.05) is 55.4 Å². The van der Waals surface area contributed by atoms with Crippen LogP contribution in [0.5, 0.6) is 0 Å². The Kier molecular flexibility index (Phi) is 36.7. The second-order valence-electron chi connectivity index (χ2n) is 3.21. The molecule has 1 aromatic rings. The molecule has 0 radical (unpaired) electrons. The first kappa shape index (κ1) is 27.5. The Morgan fingerprint density at radius 2 is 1.25 bits per heavy atom. The maximum absolute atomic E-state index is 3.33. The standard InChI is InChI=1S/C11H17N.4C2H6/c1-4-12-8-11-7-9(2)5-6-10(11)3;4*1-2/h5-7,12H,4,8H2,1-3H3;4*1-2H3. The van der Waals surface area contributed by atoms with Gasteiger partial charge in [0.15, 0.2) is 0 Å². The monoisotopic (exact) mass is 283 g/mol. The molecule has 0 spiro atoms. The first-order chi connectivity index (χ1) is 9.74. The summed E-state index contributed by atoms with van der Waals surface area (Å²) in [5.41, 5.74) is 4.13. The normalized spacial score (nSPS) is 7.35. The molecule has 0 bridgehead atoms. The number of benzene rings is 1. The SMILES string of the molecule is CC.CC.CC.CC.CCNCc1cc(C)ccc1C. The van der Waals surface area contributed by atoms with Crippen LogP contribution in [-0.2, 0) is 6.54 Å². The predicted molar refractivity (Wildman–Crippen MR) is 98.7 cm³/mol. The maximum Gasteiger partial charge on any atom is 0.0208 e. The number of aryl methyl sites for hydroxylation is 2. The van der Waals surface area contributed by atoms with Crippen molar-refractivity contribution in [2.45, 2.75) is 82.7 Å². The second kappa shape index (κ2) is 26.7. The zero-order valence-corrected chi connectivity index (χ0v) is 16.1. The zero-order chi connectivity index (χ0) is 17.0. The fraction of sp³-hybridized carbons (Fsp3) is 0.684. The van der Waals surface area contributed by atoms with Crippen LogP contribution >= 0.6 is 0 Å². The van der Waals surface area contributed by atoms with Crippen molar-refractivity contribution >= 4 is 0 Å². The molecule has 0 aromatic heterocycles. The zero-order valence-electron chi connectivity index (χ0n) is 16.1. The van der Waals surface area contributed by atoms with Gasteiger partial charge < -0.3 is 5.32 Å². The van der Waals surface area contributed by atoms with Gasteiger partial charge in [0, 0.05) is 6.54 Å². The molecular formula is C19H41N. The van der Waals surface area contributed by atoms with E-state index in [9.17, 15) is 0 Å². The Balaban J connectivity index is -0.000000138. The third-order valence-corrected chi connectivity index (χ3v) is 2.07. The number of hydrogen-bond acceptors (Lipinski definition) is 1. The minimum absolute atomic E-state index is 0.990. The van der Waals surface area contributed by atoms with Crippen LogP contribution in [0.3, 0.4) is 0 Å². The van der Waals surface area contributed by atoms with E-state index >= 15 is 0 Å². The molecule has 1 aromatic carbocycles. The van der Waals surface area contributed by atoms with Gasteiger partial charge in [0.05, 0.1) is 0 Å². The van der Waals surface area contributed by atoms with Gasteiger partial charge in [-0.2, -0.15) is 0 Å². The third kappa shape index (κ3) is 17.2. The van der Waals surface area contributed by atoms with Crippen LogP contribution in [-0.4, -0.2) is 6.54 Å². The summed E-state index contributed by atoms with van der Waals surface area (Å²) in [6.45, 7) is 24.4. The molecule has 0 heterocycles. The molecule has 0 aliphatic heterocycles. The van der Waals surface area contributed by atoms with Gasteiger partial charge in [-0.05, 0) is 31.5 Å². The van der Waals surface area contributed by atoms with Crippen molar-refractivity contribution in [2.75, 3.05) is 6.54 Å². The molecule has 1 N–H and O–H groups in total. The van der Waals surface area contributed by atoms with Gasteiger partial charge in [-0.1, -0.05) is 86.1 Å². The molecule has 1 heteroatoms. The summed E-state index contributed by atoms with van der Waals surface area (Å²) in [5.74, 6) is 0. The maximum atomic E-state index is 3.33. The number of hydrogen-bond donors (Lipinski definition) is 1. The van der Waals surface area contributed by atoms with E-state index in [4.69, 9.17) is 0 Å². The lowest BCUT2D eigenvalue weighted by molar-refractivity contribution is 0.723. The Morgan fingerprint density at radius 1 is 0.800 bits per heavy atom. The highest BCUT2D eigenvalue weighted by Gasteiger charge is 1.96. The Bertz CT molecular complexity index is 254. The topological polar surface area (TPSA) is 12.0 Å². The Morgan fingerprint density at radius 3 is 1.65 bits per heavy atom. The fourth-order valence-electron chi connectivity index (χ4n) is 1.25. The highest BCUT2D eigenvalue weighted by molar-refractivity contribution is 5.30. The van der Waals surface area contributed by atoms with Gasteiger partial charge in [0.25, 0.3) is 0 Å². The van der Waals surface area contributed by atoms with E-state index in [1.165, 1.54) is 16.7 Å². The van der Waals surface area contributed by atoms with Crippen molar-refractivity contribution < 1.29 is 0 Å². The van der Waals surface area contributed by atoms with E-state index in [0.29, 0.717) is 0 Å². The van der Waals surface area contributed by atoms with Crippen LogP contribution in [0.15, 0.2) is 18.2 Å². The number of nitrogens with one attached hydrogen (secondary N) is 1. The van der Waals surface area contributed by atoms with Gasteiger partial charge in [-0.15, -0.1) is 0 Å². The first-order valence-electron chi connectivity index (χ1n) is 8.51. The summed E-state index contributed by atoms with van der Waals surface area (Å²) in [7, 11) is 0. The van der Waals surface area contributed by atoms with Crippen molar-refractivity contribution in [3.8, 4) is 0 Å². The van der Waals surface area contributed by atoms with Crippen LogP contribution in [0.4, 0.5) is 0 Å². The van der Waals surface area contributed by atoms with Crippen LogP contribution < -0.4 is 5.32 Å². The summed E-state index contributed by atoms with van der Waals surface area (Å²) in [6.07, 6.45) is 0. The molecule has 0 saturated carbocycles. The summed E-state index contributed by atoms with van der Waals surface area (Å²) in [4.78, 5) is 0. The molecule has 0 saturated heterocycles. The quantitative estimate of drug-likeness (QED) is 0.666. The Labute approximate surface area is 130 Å². The molecule has 0 amide bonds. The van der Waals surface area contributed by atoms with Crippen molar-refractivity contribution in [1.82, 2.24) is 5.32 Å². The summed E-state index contributed by atoms with van der Waals surface area (Å²) in [6, 6.07) is 6.59. The smallest absolute Gasteiger partial charge is 0.0208 e. The molecule has 0 aliphatic carbocycles. The van der Waals surface area contributed by atoms with Crippen molar-refractivity contribution in [3.05, 3.63) is 34.9 Å². The summed E-state index contributed by atoms with van der Waals surface area (Å²) < 4.78 is 0. The average Bonchev–Trinajstić information content (AvgIpc) is 2.56. The summed E-state index contributed by atoms with van der Waals surface area (Å²) >= 11 is 0. The fourth-order valence-corrected chi connectivity index (χ4v) is 1.25. The van der Waals surface area contributed by atoms with E-state index in [2.05, 4.69) is 44.3 Å². The second-order valence-corrected chi connectivity index (χ2v) is 3.21. The minimum Gasteiger partial charge on any atom is -0.313 e. The van der Waals surface area contributed by atoms with Crippen LogP contribution in [0, 0.1) is 13.8 Å². The van der Waals surface area contributed by atoms with E-state index < -0.39 is 0 Å². The number of rotatable bonds is 3. The van der Waals surface area contributed by atoms with E-state index in [1.54, 1.807) is 0 Å². The third-order valence-electron chi connectivity index (χ3n) is 2.07. The Hall–Kier alpha value is -0.820. The van der Waals surface area contributed by atoms with E-state index in [-0.39, 0.29) is 0 Å². The van der Waals surface area contributed by atoms with Crippen LogP contribution in [0.1, 0.15) is 79.0 Å². The average molecular weight is 284 g/mol. The molecular weight excluding hydrogens is 242 g/mol. The van der Waals surface area contributed by atoms with Gasteiger partial charge in [-0.25, -0.2) is 0 Å². The highest BCUT2D eigenvalue weighted by Crippen LogP contribution is 2.09. The highest BCUT2D eigenvalue weighted by atomic mass is 14.8. The molecule has 0 aliphatic rings. The van der Waals surface area contributed by atoms with Gasteiger partial charge >= 0.3 is 0 Å². The predicted octanol–water partition coefficient (Wildman–Crippen LogP) is 6.52. The lowest BCUT2D eigenvalue weighted by Gasteiger charge is -2.06. The first-order valence-corrected chi connectivity index (χ1v) is 8.51. The molecule has 1 nitrogen and oxygen atoms in total. The van der Waals surface area contributed by atoms with Gasteiger partial charge in [0.1, 0.15) is 0 Å². The molecule has 0 atom stereocenters. The molecule has 0 fully saturated rings. The lowest BCUT2D eigenvalue weighted by Crippen LogP contribution is -2.12. The molecule has 1 rings (SSSR count). The van der Waals surface area contributed by atoms with Gasteiger partial charge in [0.2, 0.25) is 0 Å². The molecule has 0 unspecified atom stereocenters. The van der Waals surface area contributed by atoms with Crippen molar-refractivity contribution in [2.24, 2.45) is 0 Å².